The summed E-state index contributed by atoms with van der Waals surface area (Å²) in [6.07, 6.45) is 2.95. The van der Waals surface area contributed by atoms with E-state index < -0.39 is 0 Å². The van der Waals surface area contributed by atoms with Crippen molar-refractivity contribution in [3.8, 4) is 11.3 Å². The van der Waals surface area contributed by atoms with Crippen LogP contribution in [0.25, 0.3) is 11.3 Å². The van der Waals surface area contributed by atoms with Crippen molar-refractivity contribution in [1.82, 2.24) is 15.6 Å². The highest BCUT2D eigenvalue weighted by Gasteiger charge is 2.09. The first-order chi connectivity index (χ1) is 10.3. The van der Waals surface area contributed by atoms with Gasteiger partial charge in [-0.15, -0.1) is 0 Å². The van der Waals surface area contributed by atoms with Crippen LogP contribution in [0.5, 0.6) is 0 Å². The lowest BCUT2D eigenvalue weighted by molar-refractivity contribution is 0.0950. The van der Waals surface area contributed by atoms with Gasteiger partial charge in [0.1, 0.15) is 11.5 Å². The maximum Gasteiger partial charge on any atom is 0.289 e. The van der Waals surface area contributed by atoms with Gasteiger partial charge in [-0.3, -0.25) is 9.89 Å². The molecule has 0 aliphatic rings. The lowest BCUT2D eigenvalue weighted by Crippen LogP contribution is -2.17. The van der Waals surface area contributed by atoms with Crippen LogP contribution in [0.3, 0.4) is 0 Å². The van der Waals surface area contributed by atoms with Crippen molar-refractivity contribution in [3.63, 3.8) is 0 Å². The Balaban J connectivity index is 1.67. The van der Waals surface area contributed by atoms with Gasteiger partial charge in [-0.25, -0.2) is 5.43 Å². The first-order valence-electron chi connectivity index (χ1n) is 6.31. The number of H-pyrrole nitrogens is 1. The summed E-state index contributed by atoms with van der Waals surface area (Å²) in [7, 11) is 0. The molecule has 1 amide bonds. The van der Waals surface area contributed by atoms with Crippen molar-refractivity contribution in [2.45, 2.75) is 0 Å². The second-order valence-electron chi connectivity index (χ2n) is 4.25. The van der Waals surface area contributed by atoms with Gasteiger partial charge in [0.2, 0.25) is 0 Å². The zero-order valence-electron chi connectivity index (χ0n) is 11.0. The van der Waals surface area contributed by atoms with Gasteiger partial charge in [-0.1, -0.05) is 30.3 Å². The Morgan fingerprint density at radius 2 is 2.10 bits per heavy atom. The van der Waals surface area contributed by atoms with Crippen LogP contribution < -0.4 is 5.43 Å². The molecule has 0 fully saturated rings. The number of nitrogens with zero attached hydrogens (tertiary/aromatic N) is 2. The summed E-state index contributed by atoms with van der Waals surface area (Å²) in [5, 5.41) is 10.6. The van der Waals surface area contributed by atoms with Crippen molar-refractivity contribution in [2.75, 3.05) is 0 Å². The molecule has 6 heteroatoms. The molecule has 0 saturated heterocycles. The van der Waals surface area contributed by atoms with Crippen molar-refractivity contribution >= 4 is 12.1 Å². The van der Waals surface area contributed by atoms with Crippen LogP contribution in [0.4, 0.5) is 0 Å². The van der Waals surface area contributed by atoms with E-state index in [4.69, 9.17) is 4.42 Å². The van der Waals surface area contributed by atoms with Crippen LogP contribution in [-0.2, 0) is 0 Å². The Kier molecular flexibility index (Phi) is 3.60. The molecule has 1 aromatic carbocycles. The standard InChI is InChI=1S/C15H12N4O2/c20-15(19-16-10-12-7-4-8-21-12)14-9-13(17-18-14)11-5-2-1-3-6-11/h1-10H,(H,17,18)(H,19,20). The van der Waals surface area contributed by atoms with Crippen molar-refractivity contribution in [1.29, 1.82) is 0 Å². The summed E-state index contributed by atoms with van der Waals surface area (Å²) >= 11 is 0. The van der Waals surface area contributed by atoms with Gasteiger partial charge in [0.15, 0.2) is 0 Å². The van der Waals surface area contributed by atoms with Gasteiger partial charge in [0, 0.05) is 5.56 Å². The third-order valence-corrected chi connectivity index (χ3v) is 2.79. The van der Waals surface area contributed by atoms with Gasteiger partial charge in [0.25, 0.3) is 5.91 Å². The zero-order chi connectivity index (χ0) is 14.5. The highest BCUT2D eigenvalue weighted by Crippen LogP contribution is 2.16. The Labute approximate surface area is 120 Å². The smallest absolute Gasteiger partial charge is 0.289 e. The molecule has 0 unspecified atom stereocenters. The van der Waals surface area contributed by atoms with E-state index in [9.17, 15) is 4.79 Å². The number of benzene rings is 1. The number of hydrogen-bond donors (Lipinski definition) is 2. The third kappa shape index (κ3) is 3.06. The maximum absolute atomic E-state index is 11.9. The molecule has 2 aromatic heterocycles. The first kappa shape index (κ1) is 12.9. The minimum Gasteiger partial charge on any atom is -0.463 e. The van der Waals surface area contributed by atoms with Gasteiger partial charge in [-0.05, 0) is 18.2 Å². The Morgan fingerprint density at radius 3 is 2.86 bits per heavy atom. The Hall–Kier alpha value is -3.15. The molecular weight excluding hydrogens is 268 g/mol. The molecule has 104 valence electrons. The van der Waals surface area contributed by atoms with Gasteiger partial charge in [-0.2, -0.15) is 10.2 Å². The first-order valence-corrected chi connectivity index (χ1v) is 6.31. The predicted octanol–water partition coefficient (Wildman–Crippen LogP) is 2.43. The van der Waals surface area contributed by atoms with E-state index >= 15 is 0 Å². The fourth-order valence-corrected chi connectivity index (χ4v) is 1.77. The summed E-state index contributed by atoms with van der Waals surface area (Å²) < 4.78 is 5.06. The van der Waals surface area contributed by atoms with E-state index in [0.29, 0.717) is 17.1 Å². The molecule has 3 rings (SSSR count). The summed E-state index contributed by atoms with van der Waals surface area (Å²) in [5.41, 5.74) is 4.38. The fourth-order valence-electron chi connectivity index (χ4n) is 1.77. The van der Waals surface area contributed by atoms with Crippen molar-refractivity contribution in [2.24, 2.45) is 5.10 Å². The number of hydrazone groups is 1. The van der Waals surface area contributed by atoms with Gasteiger partial charge in [0.05, 0.1) is 18.2 Å². The molecule has 21 heavy (non-hydrogen) atoms. The van der Waals surface area contributed by atoms with E-state index in [1.165, 1.54) is 12.5 Å². The highest BCUT2D eigenvalue weighted by molar-refractivity contribution is 5.93. The summed E-state index contributed by atoms with van der Waals surface area (Å²) in [5.74, 6) is 0.192. The van der Waals surface area contributed by atoms with Crippen LogP contribution in [0.15, 0.2) is 64.3 Å². The number of carbonyl (C=O) groups is 1. The molecular formula is C15H12N4O2. The molecule has 2 N–H and O–H groups in total. The molecule has 0 aliphatic heterocycles. The number of aromatic amines is 1. The summed E-state index contributed by atoms with van der Waals surface area (Å²) in [4.78, 5) is 11.9. The zero-order valence-corrected chi connectivity index (χ0v) is 11.0. The largest absolute Gasteiger partial charge is 0.463 e. The summed E-state index contributed by atoms with van der Waals surface area (Å²) in [6.45, 7) is 0. The second kappa shape index (κ2) is 5.87. The number of amides is 1. The minimum absolute atomic E-state index is 0.338. The van der Waals surface area contributed by atoms with Crippen LogP contribution in [0, 0.1) is 0 Å². The number of nitrogens with one attached hydrogen (secondary N) is 2. The number of carbonyl (C=O) groups excluding carboxylic acids is 1. The van der Waals surface area contributed by atoms with Gasteiger partial charge >= 0.3 is 0 Å². The Morgan fingerprint density at radius 1 is 1.24 bits per heavy atom. The fraction of sp³-hybridized carbons (Fsp3) is 0. The normalized spacial score (nSPS) is 10.9. The van der Waals surface area contributed by atoms with E-state index in [1.807, 2.05) is 30.3 Å². The van der Waals surface area contributed by atoms with Crippen LogP contribution >= 0.6 is 0 Å². The van der Waals surface area contributed by atoms with Crippen molar-refractivity contribution < 1.29 is 9.21 Å². The molecule has 0 aliphatic carbocycles. The molecule has 3 aromatic rings. The quantitative estimate of drug-likeness (QED) is 0.568. The SMILES string of the molecule is O=C(NN=Cc1ccco1)c1cc(-c2ccccc2)n[nH]1. The molecule has 6 nitrogen and oxygen atoms in total. The summed E-state index contributed by atoms with van der Waals surface area (Å²) in [6, 6.07) is 14.7. The van der Waals surface area contributed by atoms with Crippen molar-refractivity contribution in [3.05, 3.63) is 66.2 Å². The molecule has 0 bridgehead atoms. The van der Waals surface area contributed by atoms with Gasteiger partial charge < -0.3 is 4.42 Å². The maximum atomic E-state index is 11.9. The molecule has 0 atom stereocenters. The number of hydrogen-bond acceptors (Lipinski definition) is 4. The van der Waals surface area contributed by atoms with Crippen LogP contribution in [0.2, 0.25) is 0 Å². The lowest BCUT2D eigenvalue weighted by atomic mass is 10.1. The highest BCUT2D eigenvalue weighted by atomic mass is 16.3. The third-order valence-electron chi connectivity index (χ3n) is 2.79. The molecule has 0 saturated carbocycles. The topological polar surface area (TPSA) is 83.3 Å². The van der Waals surface area contributed by atoms with Crippen LogP contribution in [-0.4, -0.2) is 22.3 Å². The van der Waals surface area contributed by atoms with E-state index in [2.05, 4.69) is 20.7 Å². The van der Waals surface area contributed by atoms with E-state index in [1.54, 1.807) is 18.2 Å². The second-order valence-corrected chi connectivity index (χ2v) is 4.25. The lowest BCUT2D eigenvalue weighted by Gasteiger charge is -1.94. The average Bonchev–Trinajstić information content (AvgIpc) is 3.20. The number of rotatable bonds is 4. The average molecular weight is 280 g/mol. The molecule has 2 heterocycles. The number of aromatic nitrogens is 2. The minimum atomic E-state index is -0.368. The van der Waals surface area contributed by atoms with Crippen LogP contribution in [0.1, 0.15) is 16.2 Å². The van der Waals surface area contributed by atoms with E-state index in [-0.39, 0.29) is 5.91 Å². The number of furan rings is 1. The van der Waals surface area contributed by atoms with E-state index in [0.717, 1.165) is 5.56 Å². The monoisotopic (exact) mass is 280 g/mol. The molecule has 0 spiro atoms. The Bertz CT molecular complexity index is 745. The predicted molar refractivity (Wildman–Crippen MR) is 77.8 cm³/mol. The molecule has 0 radical (unpaired) electrons.